The molecule has 0 radical (unpaired) electrons. The second-order valence-electron chi connectivity index (χ2n) is 5.92. The molecule has 3 atom stereocenters. The summed E-state index contributed by atoms with van der Waals surface area (Å²) in [5, 5.41) is 0. The number of rotatable bonds is 2. The summed E-state index contributed by atoms with van der Waals surface area (Å²) in [5.74, 6) is 3.94. The molecule has 4 rings (SSSR count). The third-order valence-electron chi connectivity index (χ3n) is 5.07. The molecule has 1 aromatic rings. The summed E-state index contributed by atoms with van der Waals surface area (Å²) in [7, 11) is 3.46. The van der Waals surface area contributed by atoms with E-state index in [0.29, 0.717) is 11.8 Å². The number of methoxy groups -OCH3 is 2. The first-order chi connectivity index (χ1) is 9.83. The maximum absolute atomic E-state index is 6.29. The van der Waals surface area contributed by atoms with Gasteiger partial charge in [0.25, 0.3) is 0 Å². The lowest BCUT2D eigenvalue weighted by molar-refractivity contribution is 0.128. The van der Waals surface area contributed by atoms with Crippen molar-refractivity contribution in [2.75, 3.05) is 14.2 Å². The number of benzene rings is 1. The van der Waals surface area contributed by atoms with Crippen molar-refractivity contribution >= 4 is 0 Å². The summed E-state index contributed by atoms with van der Waals surface area (Å²) in [6.45, 7) is 0. The van der Waals surface area contributed by atoms with Crippen LogP contribution in [-0.4, -0.2) is 20.3 Å². The quantitative estimate of drug-likeness (QED) is 0.825. The first-order valence-electron chi connectivity index (χ1n) is 7.44. The highest BCUT2D eigenvalue weighted by Crippen LogP contribution is 2.56. The van der Waals surface area contributed by atoms with Crippen LogP contribution in [0.25, 0.3) is 0 Å². The van der Waals surface area contributed by atoms with Crippen molar-refractivity contribution in [1.82, 2.24) is 0 Å². The highest BCUT2D eigenvalue weighted by atomic mass is 16.6. The molecule has 20 heavy (non-hydrogen) atoms. The Morgan fingerprint density at radius 3 is 2.85 bits per heavy atom. The summed E-state index contributed by atoms with van der Waals surface area (Å²) < 4.78 is 17.4. The molecule has 0 spiro atoms. The molecule has 0 aromatic heterocycles. The van der Waals surface area contributed by atoms with Gasteiger partial charge in [0.15, 0.2) is 17.6 Å². The van der Waals surface area contributed by atoms with Crippen molar-refractivity contribution in [1.29, 1.82) is 0 Å². The van der Waals surface area contributed by atoms with E-state index < -0.39 is 0 Å². The average molecular weight is 272 g/mol. The van der Waals surface area contributed by atoms with Gasteiger partial charge in [0.05, 0.1) is 14.2 Å². The second kappa shape index (κ2) is 4.44. The fourth-order valence-corrected chi connectivity index (χ4v) is 4.16. The van der Waals surface area contributed by atoms with Gasteiger partial charge in [0, 0.05) is 11.5 Å². The zero-order valence-corrected chi connectivity index (χ0v) is 12.0. The number of allylic oxidation sites excluding steroid dienone is 1. The summed E-state index contributed by atoms with van der Waals surface area (Å²) in [5.41, 5.74) is 2.82. The Morgan fingerprint density at radius 2 is 2.05 bits per heavy atom. The molecule has 3 heteroatoms. The van der Waals surface area contributed by atoms with Gasteiger partial charge in [-0.05, 0) is 49.3 Å². The van der Waals surface area contributed by atoms with Crippen LogP contribution in [0.5, 0.6) is 11.5 Å². The fourth-order valence-electron chi connectivity index (χ4n) is 4.16. The Kier molecular flexibility index (Phi) is 2.69. The molecular weight excluding hydrogens is 252 g/mol. The van der Waals surface area contributed by atoms with Gasteiger partial charge in [0.1, 0.15) is 5.76 Å². The molecule has 0 N–H and O–H groups in total. The van der Waals surface area contributed by atoms with Gasteiger partial charge in [0.2, 0.25) is 0 Å². The van der Waals surface area contributed by atoms with Crippen LogP contribution < -0.4 is 9.47 Å². The summed E-state index contributed by atoms with van der Waals surface area (Å²) in [6, 6.07) is 4.25. The molecule has 1 aliphatic heterocycles. The Balaban J connectivity index is 1.89. The first kappa shape index (κ1) is 12.1. The summed E-state index contributed by atoms with van der Waals surface area (Å²) in [4.78, 5) is 0. The zero-order chi connectivity index (χ0) is 13.7. The molecule has 0 bridgehead atoms. The van der Waals surface area contributed by atoms with E-state index in [0.717, 1.165) is 30.1 Å². The van der Waals surface area contributed by atoms with Crippen LogP contribution in [0, 0.1) is 5.92 Å². The Hall–Kier alpha value is -1.64. The minimum absolute atomic E-state index is 0.0397. The Morgan fingerprint density at radius 1 is 1.15 bits per heavy atom. The Bertz CT molecular complexity index is 576. The minimum atomic E-state index is 0.0397. The number of aryl methyl sites for hydroxylation is 1. The second-order valence-corrected chi connectivity index (χ2v) is 5.92. The highest BCUT2D eigenvalue weighted by Gasteiger charge is 2.47. The molecule has 0 saturated heterocycles. The highest BCUT2D eigenvalue weighted by molar-refractivity contribution is 5.58. The standard InChI is InChI=1S/C17H20O3/c1-18-12-5-3-4-10-6-7-11-8-9-13(19-2)17-15(11)14(10)16(12)20-17/h5,8-10,14,16H,3-4,6-7H2,1-2H3. The molecule has 3 unspecified atom stereocenters. The molecule has 3 aliphatic rings. The van der Waals surface area contributed by atoms with Gasteiger partial charge < -0.3 is 14.2 Å². The van der Waals surface area contributed by atoms with Crippen molar-refractivity contribution in [3.63, 3.8) is 0 Å². The smallest absolute Gasteiger partial charge is 0.166 e. The molecule has 106 valence electrons. The van der Waals surface area contributed by atoms with E-state index in [4.69, 9.17) is 14.2 Å². The van der Waals surface area contributed by atoms with E-state index in [-0.39, 0.29) is 6.10 Å². The fraction of sp³-hybridized carbons (Fsp3) is 0.529. The predicted octanol–water partition coefficient (Wildman–Crippen LogP) is 3.43. The van der Waals surface area contributed by atoms with Crippen molar-refractivity contribution < 1.29 is 14.2 Å². The topological polar surface area (TPSA) is 27.7 Å². The van der Waals surface area contributed by atoms with E-state index in [9.17, 15) is 0 Å². The maximum Gasteiger partial charge on any atom is 0.166 e. The molecule has 3 nitrogen and oxygen atoms in total. The van der Waals surface area contributed by atoms with Gasteiger partial charge in [-0.25, -0.2) is 0 Å². The zero-order valence-electron chi connectivity index (χ0n) is 12.0. The normalized spacial score (nSPS) is 29.9. The first-order valence-corrected chi connectivity index (χ1v) is 7.44. The minimum Gasteiger partial charge on any atom is -0.497 e. The van der Waals surface area contributed by atoms with Gasteiger partial charge in [-0.1, -0.05) is 6.07 Å². The number of hydrogen-bond donors (Lipinski definition) is 0. The Labute approximate surface area is 119 Å². The van der Waals surface area contributed by atoms with Crippen LogP contribution in [0.15, 0.2) is 24.0 Å². The largest absolute Gasteiger partial charge is 0.497 e. The molecular formula is C17H20O3. The third-order valence-corrected chi connectivity index (χ3v) is 5.07. The van der Waals surface area contributed by atoms with E-state index in [1.54, 1.807) is 14.2 Å². The average Bonchev–Trinajstić information content (AvgIpc) is 2.78. The van der Waals surface area contributed by atoms with Gasteiger partial charge >= 0.3 is 0 Å². The number of ether oxygens (including phenoxy) is 3. The van der Waals surface area contributed by atoms with Crippen molar-refractivity contribution in [2.24, 2.45) is 5.92 Å². The lowest BCUT2D eigenvalue weighted by Gasteiger charge is -2.31. The molecule has 0 amide bonds. The van der Waals surface area contributed by atoms with Crippen LogP contribution in [-0.2, 0) is 11.2 Å². The third kappa shape index (κ3) is 1.52. The lowest BCUT2D eigenvalue weighted by atomic mass is 9.72. The molecule has 0 saturated carbocycles. The van der Waals surface area contributed by atoms with Crippen LogP contribution in [0.1, 0.15) is 36.3 Å². The molecule has 2 aliphatic carbocycles. The van der Waals surface area contributed by atoms with E-state index in [2.05, 4.69) is 12.1 Å². The summed E-state index contributed by atoms with van der Waals surface area (Å²) >= 11 is 0. The van der Waals surface area contributed by atoms with E-state index >= 15 is 0 Å². The van der Waals surface area contributed by atoms with Gasteiger partial charge in [-0.2, -0.15) is 0 Å². The van der Waals surface area contributed by atoms with Crippen molar-refractivity contribution in [2.45, 2.75) is 37.7 Å². The van der Waals surface area contributed by atoms with Crippen molar-refractivity contribution in [3.05, 3.63) is 35.1 Å². The summed E-state index contributed by atoms with van der Waals surface area (Å²) in [6.07, 6.45) is 6.99. The van der Waals surface area contributed by atoms with Gasteiger partial charge in [-0.15, -0.1) is 0 Å². The predicted molar refractivity (Wildman–Crippen MR) is 76.3 cm³/mol. The van der Waals surface area contributed by atoms with Crippen molar-refractivity contribution in [3.8, 4) is 11.5 Å². The SMILES string of the molecule is COC1=CCCC2CCc3ccc(OC)c4c3C2C1O4. The van der Waals surface area contributed by atoms with E-state index in [1.165, 1.54) is 24.0 Å². The van der Waals surface area contributed by atoms with Crippen LogP contribution in [0.4, 0.5) is 0 Å². The van der Waals surface area contributed by atoms with Gasteiger partial charge in [-0.3, -0.25) is 0 Å². The monoisotopic (exact) mass is 272 g/mol. The number of hydrogen-bond acceptors (Lipinski definition) is 3. The molecule has 1 aromatic carbocycles. The molecule has 0 fully saturated rings. The van der Waals surface area contributed by atoms with Crippen LogP contribution in [0.2, 0.25) is 0 Å². The molecule has 1 heterocycles. The maximum atomic E-state index is 6.29. The lowest BCUT2D eigenvalue weighted by Crippen LogP contribution is -2.29. The van der Waals surface area contributed by atoms with Crippen LogP contribution in [0.3, 0.4) is 0 Å². The van der Waals surface area contributed by atoms with E-state index in [1.807, 2.05) is 6.07 Å². The van der Waals surface area contributed by atoms with Crippen LogP contribution >= 0.6 is 0 Å².